The number of amides is 2. The number of carbonyl (C=O) groups excluding carboxylic acids is 1. The summed E-state index contributed by atoms with van der Waals surface area (Å²) in [7, 11) is 3.13. The molecule has 1 aromatic heterocycles. The van der Waals surface area contributed by atoms with Crippen LogP contribution in [0.15, 0.2) is 0 Å². The van der Waals surface area contributed by atoms with Crippen LogP contribution in [0.1, 0.15) is 18.2 Å². The standard InChI is InChI=1S/C15H21F3N4O4/c1-4-11-8(12(26-3)21(2)20-11)5-19-14(25)22-6-9(13(23)24)10(7-22)15(16,17)18/h9-10H,4-7H2,1-3H3,(H,19,25)(H,23,24)/t9-,10-/m1/s1. The number of methoxy groups -OCH3 is 1. The normalized spacial score (nSPS) is 20.3. The number of nitrogens with one attached hydrogen (secondary N) is 1. The number of rotatable bonds is 5. The van der Waals surface area contributed by atoms with Gasteiger partial charge in [0.15, 0.2) is 0 Å². The van der Waals surface area contributed by atoms with E-state index in [1.807, 2.05) is 6.92 Å². The van der Waals surface area contributed by atoms with Gasteiger partial charge in [-0.25, -0.2) is 9.48 Å². The zero-order valence-corrected chi connectivity index (χ0v) is 14.6. The zero-order valence-electron chi connectivity index (χ0n) is 14.6. The highest BCUT2D eigenvalue weighted by Crippen LogP contribution is 2.37. The molecule has 0 aliphatic carbocycles. The predicted octanol–water partition coefficient (Wildman–Crippen LogP) is 1.40. The van der Waals surface area contributed by atoms with Crippen LogP contribution in [0, 0.1) is 11.8 Å². The zero-order chi connectivity index (χ0) is 19.6. The SMILES string of the molecule is CCc1nn(C)c(OC)c1CNC(=O)N1C[C@@H](C(F)(F)F)[C@H](C(=O)O)C1. The van der Waals surface area contributed by atoms with Gasteiger partial charge in [-0.05, 0) is 6.42 Å². The van der Waals surface area contributed by atoms with Gasteiger partial charge in [0.2, 0.25) is 5.88 Å². The second-order valence-electron chi connectivity index (χ2n) is 6.07. The summed E-state index contributed by atoms with van der Waals surface area (Å²) in [5, 5.41) is 15.8. The number of carboxylic acid groups (broad SMARTS) is 1. The second-order valence-corrected chi connectivity index (χ2v) is 6.07. The van der Waals surface area contributed by atoms with E-state index in [0.29, 0.717) is 23.6 Å². The molecule has 1 fully saturated rings. The van der Waals surface area contributed by atoms with Crippen molar-refractivity contribution in [1.29, 1.82) is 0 Å². The van der Waals surface area contributed by atoms with Crippen molar-refractivity contribution < 1.29 is 32.6 Å². The number of carboxylic acids is 1. The van der Waals surface area contributed by atoms with Crippen molar-refractivity contribution in [3.05, 3.63) is 11.3 Å². The number of aliphatic carboxylic acids is 1. The second kappa shape index (κ2) is 7.42. The van der Waals surface area contributed by atoms with Crippen LogP contribution in [0.4, 0.5) is 18.0 Å². The van der Waals surface area contributed by atoms with Gasteiger partial charge in [0.25, 0.3) is 0 Å². The summed E-state index contributed by atoms with van der Waals surface area (Å²) in [6.07, 6.45) is -4.09. The maximum Gasteiger partial charge on any atom is 0.394 e. The third-order valence-electron chi connectivity index (χ3n) is 4.46. The van der Waals surface area contributed by atoms with E-state index in [1.54, 1.807) is 7.05 Å². The molecule has 1 aliphatic rings. The molecule has 2 rings (SSSR count). The summed E-state index contributed by atoms with van der Waals surface area (Å²) >= 11 is 0. The molecule has 0 radical (unpaired) electrons. The average molecular weight is 378 g/mol. The molecule has 8 nitrogen and oxygen atoms in total. The minimum atomic E-state index is -4.68. The van der Waals surface area contributed by atoms with E-state index in [1.165, 1.54) is 11.8 Å². The summed E-state index contributed by atoms with van der Waals surface area (Å²) in [6, 6.07) is -0.754. The predicted molar refractivity (Wildman–Crippen MR) is 83.6 cm³/mol. The van der Waals surface area contributed by atoms with Crippen LogP contribution in [0.3, 0.4) is 0 Å². The third-order valence-corrected chi connectivity index (χ3v) is 4.46. The van der Waals surface area contributed by atoms with E-state index in [0.717, 1.165) is 4.90 Å². The van der Waals surface area contributed by atoms with Gasteiger partial charge in [-0.3, -0.25) is 4.79 Å². The van der Waals surface area contributed by atoms with Crippen LogP contribution in [0.25, 0.3) is 0 Å². The number of hydrogen-bond donors (Lipinski definition) is 2. The molecule has 0 unspecified atom stereocenters. The highest BCUT2D eigenvalue weighted by atomic mass is 19.4. The van der Waals surface area contributed by atoms with E-state index >= 15 is 0 Å². The third kappa shape index (κ3) is 3.86. The van der Waals surface area contributed by atoms with Gasteiger partial charge >= 0.3 is 18.2 Å². The lowest BCUT2D eigenvalue weighted by Gasteiger charge is -2.19. The number of nitrogens with zero attached hydrogens (tertiary/aromatic N) is 3. The molecule has 0 aromatic carbocycles. The van der Waals surface area contributed by atoms with Gasteiger partial charge in [0.05, 0.1) is 36.7 Å². The van der Waals surface area contributed by atoms with Crippen LogP contribution in [-0.2, 0) is 24.8 Å². The molecular weight excluding hydrogens is 357 g/mol. The topological polar surface area (TPSA) is 96.7 Å². The Bertz CT molecular complexity index is 689. The van der Waals surface area contributed by atoms with Crippen LogP contribution in [-0.4, -0.2) is 58.2 Å². The molecule has 2 heterocycles. The molecule has 1 aliphatic heterocycles. The molecule has 2 N–H and O–H groups in total. The number of carbonyl (C=O) groups is 2. The number of urea groups is 1. The lowest BCUT2D eigenvalue weighted by atomic mass is 9.96. The van der Waals surface area contributed by atoms with Crippen molar-refractivity contribution in [3.63, 3.8) is 0 Å². The summed E-state index contributed by atoms with van der Waals surface area (Å²) in [4.78, 5) is 24.2. The van der Waals surface area contributed by atoms with E-state index in [-0.39, 0.29) is 6.54 Å². The minimum absolute atomic E-state index is 0.0178. The van der Waals surface area contributed by atoms with Crippen molar-refractivity contribution in [1.82, 2.24) is 20.0 Å². The van der Waals surface area contributed by atoms with Crippen LogP contribution in [0.2, 0.25) is 0 Å². The van der Waals surface area contributed by atoms with Gasteiger partial charge < -0.3 is 20.1 Å². The summed E-state index contributed by atoms with van der Waals surface area (Å²) in [5.74, 6) is -4.87. The molecular formula is C15H21F3N4O4. The lowest BCUT2D eigenvalue weighted by molar-refractivity contribution is -0.187. The summed E-state index contributed by atoms with van der Waals surface area (Å²) in [6.45, 7) is 0.718. The van der Waals surface area contributed by atoms with Crippen molar-refractivity contribution in [2.45, 2.75) is 26.1 Å². The van der Waals surface area contributed by atoms with Crippen LogP contribution < -0.4 is 10.1 Å². The van der Waals surface area contributed by atoms with E-state index < -0.39 is 43.1 Å². The highest BCUT2D eigenvalue weighted by molar-refractivity contribution is 5.77. The van der Waals surface area contributed by atoms with Crippen LogP contribution in [0.5, 0.6) is 5.88 Å². The molecule has 2 atom stereocenters. The smallest absolute Gasteiger partial charge is 0.394 e. The summed E-state index contributed by atoms with van der Waals surface area (Å²) < 4.78 is 45.8. The molecule has 0 spiro atoms. The Kier molecular flexibility index (Phi) is 5.67. The van der Waals surface area contributed by atoms with Gasteiger partial charge in [-0.15, -0.1) is 0 Å². The molecule has 26 heavy (non-hydrogen) atoms. The van der Waals surface area contributed by atoms with Crippen molar-refractivity contribution in [2.75, 3.05) is 20.2 Å². The van der Waals surface area contributed by atoms with Crippen LogP contribution >= 0.6 is 0 Å². The monoisotopic (exact) mass is 378 g/mol. The Morgan fingerprint density at radius 2 is 2.04 bits per heavy atom. The van der Waals surface area contributed by atoms with Crippen molar-refractivity contribution >= 4 is 12.0 Å². The first-order valence-electron chi connectivity index (χ1n) is 8.01. The first-order valence-corrected chi connectivity index (χ1v) is 8.01. The minimum Gasteiger partial charge on any atom is -0.481 e. The lowest BCUT2D eigenvalue weighted by Crippen LogP contribution is -2.39. The Morgan fingerprint density at radius 1 is 1.38 bits per heavy atom. The van der Waals surface area contributed by atoms with Gasteiger partial charge in [-0.2, -0.15) is 18.3 Å². The van der Waals surface area contributed by atoms with Crippen molar-refractivity contribution in [3.8, 4) is 5.88 Å². The molecule has 1 saturated heterocycles. The Morgan fingerprint density at radius 3 is 2.50 bits per heavy atom. The molecule has 146 valence electrons. The maximum atomic E-state index is 13.0. The number of aromatic nitrogens is 2. The first kappa shape index (κ1) is 19.9. The first-order chi connectivity index (χ1) is 12.1. The Labute approximate surface area is 147 Å². The van der Waals surface area contributed by atoms with E-state index in [2.05, 4.69) is 10.4 Å². The number of hydrogen-bond acceptors (Lipinski definition) is 4. The number of ether oxygens (including phenoxy) is 1. The fourth-order valence-corrected chi connectivity index (χ4v) is 3.15. The highest BCUT2D eigenvalue weighted by Gasteiger charge is 2.53. The van der Waals surface area contributed by atoms with Gasteiger partial charge in [0.1, 0.15) is 0 Å². The number of halogens is 3. The average Bonchev–Trinajstić information content (AvgIpc) is 3.13. The molecule has 0 bridgehead atoms. The number of alkyl halides is 3. The van der Waals surface area contributed by atoms with Gasteiger partial charge in [0, 0.05) is 20.1 Å². The maximum absolute atomic E-state index is 13.0. The van der Waals surface area contributed by atoms with E-state index in [4.69, 9.17) is 9.84 Å². The number of likely N-dealkylation sites (tertiary alicyclic amines) is 1. The Balaban J connectivity index is 2.09. The molecule has 11 heteroatoms. The molecule has 2 amide bonds. The van der Waals surface area contributed by atoms with E-state index in [9.17, 15) is 22.8 Å². The number of aryl methyl sites for hydroxylation is 2. The summed E-state index contributed by atoms with van der Waals surface area (Å²) in [5.41, 5.74) is 1.33. The largest absolute Gasteiger partial charge is 0.481 e. The molecule has 0 saturated carbocycles. The quantitative estimate of drug-likeness (QED) is 0.807. The Hall–Kier alpha value is -2.46. The van der Waals surface area contributed by atoms with Crippen molar-refractivity contribution in [2.24, 2.45) is 18.9 Å². The fourth-order valence-electron chi connectivity index (χ4n) is 3.15. The fraction of sp³-hybridized carbons (Fsp3) is 0.667. The molecule has 1 aromatic rings. The van der Waals surface area contributed by atoms with Gasteiger partial charge in [-0.1, -0.05) is 6.92 Å².